The maximum absolute atomic E-state index is 12.9. The Hall–Kier alpha value is -3.18. The van der Waals surface area contributed by atoms with Gasteiger partial charge in [-0.25, -0.2) is 0 Å². The average molecular weight is 388 g/mol. The lowest BCUT2D eigenvalue weighted by molar-refractivity contribution is 0.0487. The summed E-state index contributed by atoms with van der Waals surface area (Å²) in [5.74, 6) is 0.0118. The van der Waals surface area contributed by atoms with Crippen LogP contribution in [0.5, 0.6) is 5.75 Å². The number of ether oxygens (including phenoxy) is 1. The third-order valence-corrected chi connectivity index (χ3v) is 5.59. The molecule has 0 aliphatic carbocycles. The van der Waals surface area contributed by atoms with Gasteiger partial charge < -0.3 is 15.2 Å². The van der Waals surface area contributed by atoms with Crippen LogP contribution in [0.15, 0.2) is 72.9 Å². The lowest BCUT2D eigenvalue weighted by Gasteiger charge is -2.38. The smallest absolute Gasteiger partial charge is 0.251 e. The predicted molar refractivity (Wildman–Crippen MR) is 112 cm³/mol. The van der Waals surface area contributed by atoms with Crippen molar-refractivity contribution in [1.82, 2.24) is 10.3 Å². The van der Waals surface area contributed by atoms with Gasteiger partial charge in [0.1, 0.15) is 5.75 Å². The second-order valence-corrected chi connectivity index (χ2v) is 7.42. The van der Waals surface area contributed by atoms with Gasteiger partial charge in [0.25, 0.3) is 5.91 Å². The summed E-state index contributed by atoms with van der Waals surface area (Å²) < 4.78 is 5.57. The Morgan fingerprint density at radius 1 is 1.03 bits per heavy atom. The van der Waals surface area contributed by atoms with Crippen LogP contribution in [0.4, 0.5) is 0 Å². The van der Waals surface area contributed by atoms with Crippen molar-refractivity contribution < 1.29 is 14.6 Å². The number of pyridine rings is 1. The summed E-state index contributed by atoms with van der Waals surface area (Å²) in [5, 5.41) is 12.6. The van der Waals surface area contributed by atoms with E-state index >= 15 is 0 Å². The molecule has 3 aromatic rings. The van der Waals surface area contributed by atoms with Crippen LogP contribution in [0.3, 0.4) is 0 Å². The molecular weight excluding hydrogens is 364 g/mol. The summed E-state index contributed by atoms with van der Waals surface area (Å²) in [6, 6.07) is 21.1. The minimum Gasteiger partial charge on any atom is -0.506 e. The van der Waals surface area contributed by atoms with E-state index < -0.39 is 0 Å². The first-order valence-corrected chi connectivity index (χ1v) is 9.83. The number of nitrogens with one attached hydrogen (secondary N) is 1. The Morgan fingerprint density at radius 3 is 2.55 bits per heavy atom. The van der Waals surface area contributed by atoms with Gasteiger partial charge in [0, 0.05) is 36.3 Å². The number of rotatable bonds is 5. The zero-order valence-corrected chi connectivity index (χ0v) is 16.2. The summed E-state index contributed by atoms with van der Waals surface area (Å²) in [6.45, 7) is 1.97. The quantitative estimate of drug-likeness (QED) is 0.695. The van der Waals surface area contributed by atoms with Crippen molar-refractivity contribution in [2.75, 3.05) is 19.8 Å². The van der Waals surface area contributed by atoms with Gasteiger partial charge in [-0.1, -0.05) is 42.5 Å². The number of carbonyl (C=O) groups excluding carboxylic acids is 1. The third kappa shape index (κ3) is 4.30. The van der Waals surface area contributed by atoms with E-state index in [1.807, 2.05) is 36.4 Å². The maximum atomic E-state index is 12.9. The molecule has 1 aliphatic heterocycles. The fraction of sp³-hybridized carbons (Fsp3) is 0.250. The fourth-order valence-electron chi connectivity index (χ4n) is 3.85. The van der Waals surface area contributed by atoms with Gasteiger partial charge in [0.2, 0.25) is 0 Å². The SMILES string of the molecule is O=C(NCC1(c2ccccc2)CCOCC1)c1cccc(-c2ccc(O)cn2)c1. The number of hydrogen-bond donors (Lipinski definition) is 2. The molecule has 2 N–H and O–H groups in total. The Bertz CT molecular complexity index is 965. The molecule has 2 heterocycles. The second kappa shape index (κ2) is 8.45. The van der Waals surface area contributed by atoms with E-state index in [0.29, 0.717) is 31.0 Å². The second-order valence-electron chi connectivity index (χ2n) is 7.42. The summed E-state index contributed by atoms with van der Waals surface area (Å²) in [7, 11) is 0. The molecule has 0 saturated carbocycles. The van der Waals surface area contributed by atoms with Gasteiger partial charge in [-0.05, 0) is 42.7 Å². The van der Waals surface area contributed by atoms with E-state index in [0.717, 1.165) is 18.4 Å². The van der Waals surface area contributed by atoms with E-state index in [4.69, 9.17) is 4.74 Å². The van der Waals surface area contributed by atoms with E-state index in [2.05, 4.69) is 22.4 Å². The van der Waals surface area contributed by atoms with Crippen LogP contribution in [0.1, 0.15) is 28.8 Å². The van der Waals surface area contributed by atoms with Crippen LogP contribution in [0, 0.1) is 0 Å². The molecule has 0 spiro atoms. The minimum absolute atomic E-state index is 0.104. The van der Waals surface area contributed by atoms with Crippen LogP contribution in [-0.2, 0) is 10.2 Å². The van der Waals surface area contributed by atoms with E-state index in [-0.39, 0.29) is 17.1 Å². The predicted octanol–water partition coefficient (Wildman–Crippen LogP) is 3.93. The first-order valence-electron chi connectivity index (χ1n) is 9.83. The molecule has 1 aliphatic rings. The van der Waals surface area contributed by atoms with E-state index in [9.17, 15) is 9.90 Å². The highest BCUT2D eigenvalue weighted by Crippen LogP contribution is 2.34. The van der Waals surface area contributed by atoms with Gasteiger partial charge in [-0.15, -0.1) is 0 Å². The van der Waals surface area contributed by atoms with Crippen molar-refractivity contribution in [3.63, 3.8) is 0 Å². The van der Waals surface area contributed by atoms with Gasteiger partial charge in [-0.3, -0.25) is 9.78 Å². The molecule has 4 rings (SSSR count). The molecule has 1 aromatic heterocycles. The number of benzene rings is 2. The van der Waals surface area contributed by atoms with Gasteiger partial charge in [0.05, 0.1) is 11.9 Å². The Morgan fingerprint density at radius 2 is 1.83 bits per heavy atom. The Labute approximate surface area is 170 Å². The lowest BCUT2D eigenvalue weighted by Crippen LogP contribution is -2.44. The first kappa shape index (κ1) is 19.2. The third-order valence-electron chi connectivity index (χ3n) is 5.59. The molecular formula is C24H24N2O3. The topological polar surface area (TPSA) is 71.5 Å². The molecule has 0 atom stereocenters. The molecule has 0 radical (unpaired) electrons. The van der Waals surface area contributed by atoms with E-state index in [1.165, 1.54) is 11.8 Å². The maximum Gasteiger partial charge on any atom is 0.251 e. The van der Waals surface area contributed by atoms with Crippen molar-refractivity contribution in [3.8, 4) is 17.0 Å². The van der Waals surface area contributed by atoms with Crippen LogP contribution in [0.25, 0.3) is 11.3 Å². The van der Waals surface area contributed by atoms with Crippen LogP contribution < -0.4 is 5.32 Å². The molecule has 2 aromatic carbocycles. The number of carbonyl (C=O) groups is 1. The first-order chi connectivity index (χ1) is 14.2. The molecule has 1 saturated heterocycles. The molecule has 1 fully saturated rings. The summed E-state index contributed by atoms with van der Waals surface area (Å²) in [6.07, 6.45) is 3.17. The molecule has 0 bridgehead atoms. The summed E-state index contributed by atoms with van der Waals surface area (Å²) in [5.41, 5.74) is 3.27. The van der Waals surface area contributed by atoms with Crippen molar-refractivity contribution >= 4 is 5.91 Å². The molecule has 148 valence electrons. The number of nitrogens with zero attached hydrogens (tertiary/aromatic N) is 1. The number of aromatic nitrogens is 1. The Balaban J connectivity index is 1.51. The lowest BCUT2D eigenvalue weighted by atomic mass is 9.74. The van der Waals surface area contributed by atoms with Crippen LogP contribution >= 0.6 is 0 Å². The molecule has 0 unspecified atom stereocenters. The van der Waals surface area contributed by atoms with Crippen LogP contribution in [-0.4, -0.2) is 35.8 Å². The number of hydrogen-bond acceptors (Lipinski definition) is 4. The summed E-state index contributed by atoms with van der Waals surface area (Å²) in [4.78, 5) is 17.1. The summed E-state index contributed by atoms with van der Waals surface area (Å²) >= 11 is 0. The highest BCUT2D eigenvalue weighted by atomic mass is 16.5. The average Bonchev–Trinajstić information content (AvgIpc) is 2.79. The van der Waals surface area contributed by atoms with Crippen molar-refractivity contribution in [2.24, 2.45) is 0 Å². The number of aromatic hydroxyl groups is 1. The van der Waals surface area contributed by atoms with Crippen molar-refractivity contribution in [1.29, 1.82) is 0 Å². The van der Waals surface area contributed by atoms with Gasteiger partial charge in [-0.2, -0.15) is 0 Å². The molecule has 5 nitrogen and oxygen atoms in total. The highest BCUT2D eigenvalue weighted by molar-refractivity contribution is 5.95. The Kier molecular flexibility index (Phi) is 5.58. The van der Waals surface area contributed by atoms with Crippen LogP contribution in [0.2, 0.25) is 0 Å². The number of amides is 1. The van der Waals surface area contributed by atoms with E-state index in [1.54, 1.807) is 18.2 Å². The molecule has 29 heavy (non-hydrogen) atoms. The van der Waals surface area contributed by atoms with Gasteiger partial charge >= 0.3 is 0 Å². The normalized spacial score (nSPS) is 15.6. The zero-order chi connectivity index (χ0) is 20.1. The standard InChI is InChI=1S/C24H24N2O3/c27-21-9-10-22(25-16-21)18-5-4-6-19(15-18)23(28)26-17-24(11-13-29-14-12-24)20-7-2-1-3-8-20/h1-10,15-16,27H,11-14,17H2,(H,26,28). The minimum atomic E-state index is -0.106. The van der Waals surface area contributed by atoms with Crippen molar-refractivity contribution in [3.05, 3.63) is 84.1 Å². The highest BCUT2D eigenvalue weighted by Gasteiger charge is 2.34. The van der Waals surface area contributed by atoms with Crippen molar-refractivity contribution in [2.45, 2.75) is 18.3 Å². The monoisotopic (exact) mass is 388 g/mol. The largest absolute Gasteiger partial charge is 0.506 e. The molecule has 5 heteroatoms. The zero-order valence-electron chi connectivity index (χ0n) is 16.2. The fourth-order valence-corrected chi connectivity index (χ4v) is 3.85. The molecule has 1 amide bonds. The van der Waals surface area contributed by atoms with Gasteiger partial charge in [0.15, 0.2) is 0 Å².